The van der Waals surface area contributed by atoms with Crippen LogP contribution < -0.4 is 5.32 Å². The molecule has 1 saturated carbocycles. The molecule has 0 unspecified atom stereocenters. The van der Waals surface area contributed by atoms with Crippen molar-refractivity contribution >= 4 is 17.7 Å². The van der Waals surface area contributed by atoms with E-state index in [2.05, 4.69) is 5.32 Å². The van der Waals surface area contributed by atoms with Crippen LogP contribution in [-0.4, -0.2) is 40.3 Å². The fourth-order valence-electron chi connectivity index (χ4n) is 2.50. The standard InChI is InChI=1S/C13H15N3O3/c17-11-7-15(8-12(18)14-11)13(19)10-5-2-6-16(10)9-3-1-4-9/h2,5-6,9H,1,3-4,7-8H2,(H,14,17,18). The summed E-state index contributed by atoms with van der Waals surface area (Å²) in [7, 11) is 0. The van der Waals surface area contributed by atoms with Gasteiger partial charge in [0.05, 0.1) is 0 Å². The summed E-state index contributed by atoms with van der Waals surface area (Å²) in [5, 5.41) is 2.19. The summed E-state index contributed by atoms with van der Waals surface area (Å²) >= 11 is 0. The molecule has 0 aromatic carbocycles. The number of imide groups is 1. The van der Waals surface area contributed by atoms with E-state index in [-0.39, 0.29) is 19.0 Å². The minimum absolute atomic E-state index is 0.0551. The number of aromatic nitrogens is 1. The summed E-state index contributed by atoms with van der Waals surface area (Å²) in [6.07, 6.45) is 5.23. The molecule has 1 aromatic rings. The molecule has 1 N–H and O–H groups in total. The van der Waals surface area contributed by atoms with Crippen LogP contribution in [-0.2, 0) is 9.59 Å². The Balaban J connectivity index is 1.81. The predicted molar refractivity (Wildman–Crippen MR) is 66.4 cm³/mol. The van der Waals surface area contributed by atoms with Gasteiger partial charge in [0.2, 0.25) is 11.8 Å². The van der Waals surface area contributed by atoms with Crippen LogP contribution in [0.3, 0.4) is 0 Å². The highest BCUT2D eigenvalue weighted by atomic mass is 16.2. The van der Waals surface area contributed by atoms with Crippen LogP contribution in [0.2, 0.25) is 0 Å². The number of nitrogens with one attached hydrogen (secondary N) is 1. The molecule has 1 aliphatic heterocycles. The predicted octanol–water partition coefficient (Wildman–Crippen LogP) is 0.312. The Bertz CT molecular complexity index is 529. The molecule has 3 rings (SSSR count). The molecule has 6 heteroatoms. The molecule has 0 bridgehead atoms. The SMILES string of the molecule is O=C1CN(C(=O)c2cccn2C2CCC2)CC(=O)N1. The number of hydrogen-bond donors (Lipinski definition) is 1. The molecule has 2 fully saturated rings. The molecule has 100 valence electrons. The highest BCUT2D eigenvalue weighted by Gasteiger charge is 2.30. The van der Waals surface area contributed by atoms with Gasteiger partial charge >= 0.3 is 0 Å². The Morgan fingerprint density at radius 2 is 1.89 bits per heavy atom. The normalized spacial score (nSPS) is 20.1. The topological polar surface area (TPSA) is 71.4 Å². The van der Waals surface area contributed by atoms with Crippen LogP contribution in [0.25, 0.3) is 0 Å². The van der Waals surface area contributed by atoms with Crippen molar-refractivity contribution < 1.29 is 14.4 Å². The third-order valence-corrected chi connectivity index (χ3v) is 3.70. The first-order chi connectivity index (χ1) is 9.15. The van der Waals surface area contributed by atoms with Crippen molar-refractivity contribution in [2.24, 2.45) is 0 Å². The lowest BCUT2D eigenvalue weighted by Gasteiger charge is -2.31. The Morgan fingerprint density at radius 3 is 2.47 bits per heavy atom. The van der Waals surface area contributed by atoms with Gasteiger partial charge in [0.15, 0.2) is 0 Å². The third kappa shape index (κ3) is 2.14. The van der Waals surface area contributed by atoms with Gasteiger partial charge in [-0.15, -0.1) is 0 Å². The fraction of sp³-hybridized carbons (Fsp3) is 0.462. The molecule has 0 spiro atoms. The van der Waals surface area contributed by atoms with Crippen molar-refractivity contribution in [3.8, 4) is 0 Å². The third-order valence-electron chi connectivity index (χ3n) is 3.70. The molecule has 0 atom stereocenters. The Hall–Kier alpha value is -2.11. The van der Waals surface area contributed by atoms with Crippen molar-refractivity contribution in [3.05, 3.63) is 24.0 Å². The van der Waals surface area contributed by atoms with Gasteiger partial charge in [-0.25, -0.2) is 0 Å². The van der Waals surface area contributed by atoms with Crippen LogP contribution in [0, 0.1) is 0 Å². The second kappa shape index (κ2) is 4.53. The number of carbonyl (C=O) groups excluding carboxylic acids is 3. The molecule has 1 aliphatic carbocycles. The molecule has 2 aliphatic rings. The first-order valence-electron chi connectivity index (χ1n) is 6.44. The van der Waals surface area contributed by atoms with Gasteiger partial charge in [-0.05, 0) is 31.4 Å². The Kier molecular flexibility index (Phi) is 2.85. The number of carbonyl (C=O) groups is 3. The number of amides is 3. The van der Waals surface area contributed by atoms with Crippen LogP contribution in [0.1, 0.15) is 35.8 Å². The lowest BCUT2D eigenvalue weighted by Crippen LogP contribution is -2.53. The maximum Gasteiger partial charge on any atom is 0.271 e. The Labute approximate surface area is 110 Å². The minimum atomic E-state index is -0.425. The van der Waals surface area contributed by atoms with Gasteiger partial charge < -0.3 is 9.47 Å². The highest BCUT2D eigenvalue weighted by molar-refractivity contribution is 6.05. The summed E-state index contributed by atoms with van der Waals surface area (Å²) in [4.78, 5) is 36.3. The number of rotatable bonds is 2. The smallest absolute Gasteiger partial charge is 0.271 e. The van der Waals surface area contributed by atoms with Gasteiger partial charge in [0, 0.05) is 12.2 Å². The zero-order valence-electron chi connectivity index (χ0n) is 10.5. The van der Waals surface area contributed by atoms with E-state index in [0.717, 1.165) is 12.8 Å². The van der Waals surface area contributed by atoms with Gasteiger partial charge in [-0.3, -0.25) is 19.7 Å². The number of piperazine rings is 1. The van der Waals surface area contributed by atoms with Crippen molar-refractivity contribution in [3.63, 3.8) is 0 Å². The lowest BCUT2D eigenvalue weighted by atomic mass is 9.93. The van der Waals surface area contributed by atoms with E-state index in [1.165, 1.54) is 11.3 Å². The van der Waals surface area contributed by atoms with E-state index >= 15 is 0 Å². The number of nitrogens with zero attached hydrogens (tertiary/aromatic N) is 2. The molecule has 2 heterocycles. The van der Waals surface area contributed by atoms with Crippen LogP contribution in [0.15, 0.2) is 18.3 Å². The molecule has 1 saturated heterocycles. The molecule has 19 heavy (non-hydrogen) atoms. The van der Waals surface area contributed by atoms with E-state index in [1.807, 2.05) is 16.8 Å². The molecular formula is C13H15N3O3. The largest absolute Gasteiger partial charge is 0.340 e. The summed E-state index contributed by atoms with van der Waals surface area (Å²) in [6, 6.07) is 3.96. The molecule has 0 radical (unpaired) electrons. The van der Waals surface area contributed by atoms with Gasteiger partial charge in [0.25, 0.3) is 5.91 Å². The van der Waals surface area contributed by atoms with E-state index in [1.54, 1.807) is 6.07 Å². The first kappa shape index (κ1) is 12.0. The van der Waals surface area contributed by atoms with Gasteiger partial charge in [-0.2, -0.15) is 0 Å². The van der Waals surface area contributed by atoms with Crippen molar-refractivity contribution in [1.82, 2.24) is 14.8 Å². The highest BCUT2D eigenvalue weighted by Crippen LogP contribution is 2.33. The maximum absolute atomic E-state index is 12.4. The van der Waals surface area contributed by atoms with Crippen molar-refractivity contribution in [1.29, 1.82) is 0 Å². The van der Waals surface area contributed by atoms with E-state index in [4.69, 9.17) is 0 Å². The maximum atomic E-state index is 12.4. The summed E-state index contributed by atoms with van der Waals surface area (Å²) in [5.74, 6) is -1.10. The molecule has 1 aromatic heterocycles. The van der Waals surface area contributed by atoms with Gasteiger partial charge in [0.1, 0.15) is 18.8 Å². The zero-order valence-corrected chi connectivity index (χ0v) is 10.5. The van der Waals surface area contributed by atoms with Crippen molar-refractivity contribution in [2.75, 3.05) is 13.1 Å². The molecule has 3 amide bonds. The first-order valence-corrected chi connectivity index (χ1v) is 6.44. The van der Waals surface area contributed by atoms with Crippen LogP contribution >= 0.6 is 0 Å². The Morgan fingerprint density at radius 1 is 1.21 bits per heavy atom. The van der Waals surface area contributed by atoms with E-state index in [0.29, 0.717) is 11.7 Å². The fourth-order valence-corrected chi connectivity index (χ4v) is 2.50. The second-order valence-corrected chi connectivity index (χ2v) is 5.02. The monoisotopic (exact) mass is 261 g/mol. The molecule has 6 nitrogen and oxygen atoms in total. The van der Waals surface area contributed by atoms with Crippen molar-refractivity contribution in [2.45, 2.75) is 25.3 Å². The van der Waals surface area contributed by atoms with Crippen LogP contribution in [0.4, 0.5) is 0 Å². The quantitative estimate of drug-likeness (QED) is 0.779. The van der Waals surface area contributed by atoms with E-state index in [9.17, 15) is 14.4 Å². The van der Waals surface area contributed by atoms with Crippen LogP contribution in [0.5, 0.6) is 0 Å². The number of hydrogen-bond acceptors (Lipinski definition) is 3. The average molecular weight is 261 g/mol. The van der Waals surface area contributed by atoms with Gasteiger partial charge in [-0.1, -0.05) is 0 Å². The lowest BCUT2D eigenvalue weighted by molar-refractivity contribution is -0.135. The average Bonchev–Trinajstić information content (AvgIpc) is 2.73. The summed E-state index contributed by atoms with van der Waals surface area (Å²) in [6.45, 7) is -0.110. The minimum Gasteiger partial charge on any atom is -0.340 e. The van der Waals surface area contributed by atoms with E-state index < -0.39 is 11.8 Å². The zero-order chi connectivity index (χ0) is 13.4. The summed E-state index contributed by atoms with van der Waals surface area (Å²) < 4.78 is 1.96. The second-order valence-electron chi connectivity index (χ2n) is 5.02. The molecular weight excluding hydrogens is 246 g/mol. The summed E-state index contributed by atoms with van der Waals surface area (Å²) in [5.41, 5.74) is 0.562.